The van der Waals surface area contributed by atoms with Crippen molar-refractivity contribution in [1.29, 1.82) is 0 Å². The number of rotatable bonds is 3. The number of hydrogen-bond acceptors (Lipinski definition) is 4. The van der Waals surface area contributed by atoms with Crippen molar-refractivity contribution in [2.45, 2.75) is 32.1 Å². The minimum absolute atomic E-state index is 0.940. The molecule has 1 aromatic heterocycles. The molecule has 1 aliphatic carbocycles. The second-order valence-electron chi connectivity index (χ2n) is 7.01. The van der Waals surface area contributed by atoms with Crippen LogP contribution in [0.15, 0.2) is 30.6 Å². The average Bonchev–Trinajstić information content (AvgIpc) is 2.63. The first-order valence-electron chi connectivity index (χ1n) is 9.07. The van der Waals surface area contributed by atoms with Gasteiger partial charge in [0, 0.05) is 38.1 Å². The van der Waals surface area contributed by atoms with Crippen molar-refractivity contribution in [2.24, 2.45) is 5.92 Å². The highest BCUT2D eigenvalue weighted by Gasteiger charge is 2.23. The summed E-state index contributed by atoms with van der Waals surface area (Å²) >= 11 is 0. The second-order valence-corrected chi connectivity index (χ2v) is 7.01. The van der Waals surface area contributed by atoms with Gasteiger partial charge in [-0.05, 0) is 30.9 Å². The number of fused-ring (bicyclic) bond motifs is 1. The van der Waals surface area contributed by atoms with Gasteiger partial charge in [0.05, 0.1) is 5.52 Å². The van der Waals surface area contributed by atoms with Crippen LogP contribution < -0.4 is 4.90 Å². The van der Waals surface area contributed by atoms with Crippen LogP contribution in [0.25, 0.3) is 10.9 Å². The summed E-state index contributed by atoms with van der Waals surface area (Å²) in [5, 5.41) is 1.18. The van der Waals surface area contributed by atoms with Gasteiger partial charge in [0.1, 0.15) is 12.1 Å². The Bertz CT molecular complexity index is 637. The molecule has 2 aliphatic rings. The summed E-state index contributed by atoms with van der Waals surface area (Å²) in [6.07, 6.45) is 8.92. The predicted octanol–water partition coefficient (Wildman–Crippen LogP) is 3.33. The van der Waals surface area contributed by atoms with E-state index in [-0.39, 0.29) is 0 Å². The highest BCUT2D eigenvalue weighted by molar-refractivity contribution is 5.89. The molecule has 23 heavy (non-hydrogen) atoms. The van der Waals surface area contributed by atoms with Gasteiger partial charge in [0.25, 0.3) is 0 Å². The highest BCUT2D eigenvalue weighted by atomic mass is 15.3. The van der Waals surface area contributed by atoms with Gasteiger partial charge in [-0.15, -0.1) is 0 Å². The molecule has 2 aromatic rings. The summed E-state index contributed by atoms with van der Waals surface area (Å²) in [4.78, 5) is 14.0. The SMILES string of the molecule is c1ccc2c(N3CCN(CC4CCCCC4)CC3)ncnc2c1. The first-order chi connectivity index (χ1) is 11.4. The van der Waals surface area contributed by atoms with Gasteiger partial charge in [-0.2, -0.15) is 0 Å². The lowest BCUT2D eigenvalue weighted by Gasteiger charge is -2.38. The molecule has 1 saturated heterocycles. The maximum absolute atomic E-state index is 4.57. The minimum Gasteiger partial charge on any atom is -0.353 e. The van der Waals surface area contributed by atoms with Crippen LogP contribution in [0.4, 0.5) is 5.82 Å². The fraction of sp³-hybridized carbons (Fsp3) is 0.579. The molecule has 122 valence electrons. The van der Waals surface area contributed by atoms with Crippen LogP contribution in [0.5, 0.6) is 0 Å². The fourth-order valence-corrected chi connectivity index (χ4v) is 4.12. The monoisotopic (exact) mass is 310 g/mol. The molecule has 0 bridgehead atoms. The van der Waals surface area contributed by atoms with Crippen molar-refractivity contribution in [1.82, 2.24) is 14.9 Å². The first-order valence-corrected chi connectivity index (χ1v) is 9.07. The van der Waals surface area contributed by atoms with Crippen LogP contribution in [0.1, 0.15) is 32.1 Å². The molecule has 0 radical (unpaired) electrons. The van der Waals surface area contributed by atoms with Crippen molar-refractivity contribution in [3.05, 3.63) is 30.6 Å². The topological polar surface area (TPSA) is 32.3 Å². The summed E-state index contributed by atoms with van der Waals surface area (Å²) in [5.74, 6) is 2.04. The molecule has 4 heteroatoms. The number of anilines is 1. The zero-order valence-electron chi connectivity index (χ0n) is 13.8. The van der Waals surface area contributed by atoms with E-state index in [0.717, 1.165) is 43.4 Å². The predicted molar refractivity (Wildman–Crippen MR) is 94.8 cm³/mol. The molecule has 0 spiro atoms. The Kier molecular flexibility index (Phi) is 4.42. The normalized spacial score (nSPS) is 21.0. The van der Waals surface area contributed by atoms with Gasteiger partial charge >= 0.3 is 0 Å². The van der Waals surface area contributed by atoms with E-state index in [1.807, 2.05) is 6.07 Å². The number of nitrogens with zero attached hydrogens (tertiary/aromatic N) is 4. The van der Waals surface area contributed by atoms with E-state index >= 15 is 0 Å². The molecule has 4 nitrogen and oxygen atoms in total. The van der Waals surface area contributed by atoms with E-state index in [0.29, 0.717) is 0 Å². The molecule has 0 unspecified atom stereocenters. The summed E-state index contributed by atoms with van der Waals surface area (Å²) in [6, 6.07) is 8.33. The molecular formula is C19H26N4. The van der Waals surface area contributed by atoms with Crippen LogP contribution in [-0.4, -0.2) is 47.6 Å². The van der Waals surface area contributed by atoms with Gasteiger partial charge in [-0.3, -0.25) is 4.90 Å². The summed E-state index contributed by atoms with van der Waals surface area (Å²) in [6.45, 7) is 5.78. The standard InChI is InChI=1S/C19H26N4/c1-2-6-16(7-3-1)14-22-10-12-23(13-11-22)19-17-8-4-5-9-18(17)20-15-21-19/h4-5,8-9,15-16H,1-3,6-7,10-14H2. The van der Waals surface area contributed by atoms with Crippen molar-refractivity contribution >= 4 is 16.7 Å². The van der Waals surface area contributed by atoms with E-state index in [9.17, 15) is 0 Å². The van der Waals surface area contributed by atoms with Crippen LogP contribution in [-0.2, 0) is 0 Å². The Labute approximate surface area is 138 Å². The Morgan fingerprint density at radius 2 is 1.70 bits per heavy atom. The van der Waals surface area contributed by atoms with E-state index in [1.54, 1.807) is 6.33 Å². The van der Waals surface area contributed by atoms with E-state index in [1.165, 1.54) is 44.0 Å². The quantitative estimate of drug-likeness (QED) is 0.870. The van der Waals surface area contributed by atoms with Gasteiger partial charge in [-0.25, -0.2) is 9.97 Å². The number of hydrogen-bond donors (Lipinski definition) is 0. The van der Waals surface area contributed by atoms with Gasteiger partial charge < -0.3 is 4.90 Å². The number of para-hydroxylation sites is 1. The maximum atomic E-state index is 4.57. The smallest absolute Gasteiger partial charge is 0.139 e. The van der Waals surface area contributed by atoms with Crippen LogP contribution in [0.3, 0.4) is 0 Å². The largest absolute Gasteiger partial charge is 0.353 e. The molecule has 4 rings (SSSR count). The molecule has 1 aromatic carbocycles. The molecule has 0 atom stereocenters. The van der Waals surface area contributed by atoms with E-state index < -0.39 is 0 Å². The van der Waals surface area contributed by atoms with Crippen molar-refractivity contribution in [3.63, 3.8) is 0 Å². The number of aromatic nitrogens is 2. The fourth-order valence-electron chi connectivity index (χ4n) is 4.12. The summed E-state index contributed by atoms with van der Waals surface area (Å²) < 4.78 is 0. The van der Waals surface area contributed by atoms with Crippen LogP contribution >= 0.6 is 0 Å². The van der Waals surface area contributed by atoms with Gasteiger partial charge in [-0.1, -0.05) is 31.4 Å². The molecular weight excluding hydrogens is 284 g/mol. The van der Waals surface area contributed by atoms with E-state index in [4.69, 9.17) is 0 Å². The molecule has 1 saturated carbocycles. The lowest BCUT2D eigenvalue weighted by Crippen LogP contribution is -2.48. The lowest BCUT2D eigenvalue weighted by molar-refractivity contribution is 0.192. The highest BCUT2D eigenvalue weighted by Crippen LogP contribution is 2.26. The third kappa shape index (κ3) is 3.32. The molecule has 0 amide bonds. The Hall–Kier alpha value is -1.68. The van der Waals surface area contributed by atoms with Crippen LogP contribution in [0.2, 0.25) is 0 Å². The van der Waals surface area contributed by atoms with Crippen LogP contribution in [0, 0.1) is 5.92 Å². The molecule has 2 fully saturated rings. The molecule has 1 aliphatic heterocycles. The second kappa shape index (κ2) is 6.83. The van der Waals surface area contributed by atoms with Crippen molar-refractivity contribution < 1.29 is 0 Å². The summed E-state index contributed by atoms with van der Waals surface area (Å²) in [7, 11) is 0. The Balaban J connectivity index is 1.40. The maximum Gasteiger partial charge on any atom is 0.139 e. The number of piperazine rings is 1. The zero-order chi connectivity index (χ0) is 15.5. The van der Waals surface area contributed by atoms with Crippen molar-refractivity contribution in [3.8, 4) is 0 Å². The van der Waals surface area contributed by atoms with Gasteiger partial charge in [0.2, 0.25) is 0 Å². The Morgan fingerprint density at radius 3 is 2.52 bits per heavy atom. The van der Waals surface area contributed by atoms with Gasteiger partial charge in [0.15, 0.2) is 0 Å². The summed E-state index contributed by atoms with van der Waals surface area (Å²) in [5.41, 5.74) is 1.04. The number of benzene rings is 1. The molecule has 0 N–H and O–H groups in total. The molecule has 2 heterocycles. The first kappa shape index (κ1) is 14.9. The van der Waals surface area contributed by atoms with E-state index in [2.05, 4.69) is 38.0 Å². The van der Waals surface area contributed by atoms with Crippen molar-refractivity contribution in [2.75, 3.05) is 37.6 Å². The lowest BCUT2D eigenvalue weighted by atomic mass is 9.89. The Morgan fingerprint density at radius 1 is 0.913 bits per heavy atom. The average molecular weight is 310 g/mol. The third-order valence-electron chi connectivity index (χ3n) is 5.43. The third-order valence-corrected chi connectivity index (χ3v) is 5.43. The zero-order valence-corrected chi connectivity index (χ0v) is 13.8. The minimum atomic E-state index is 0.940.